The van der Waals surface area contributed by atoms with Crippen LogP contribution in [0.3, 0.4) is 0 Å². The molecule has 90 valence electrons. The summed E-state index contributed by atoms with van der Waals surface area (Å²) in [6.07, 6.45) is 1.67. The molecular formula is C16H9NO2. The minimum absolute atomic E-state index is 0.290. The fourth-order valence-electron chi connectivity index (χ4n) is 1.72. The SMILES string of the molecule is O=C1OC(c2ccccc2)=N/C1=C\c1c[c][c]cc1. The Labute approximate surface area is 110 Å². The summed E-state index contributed by atoms with van der Waals surface area (Å²) in [5.74, 6) is -0.102. The molecule has 0 amide bonds. The maximum Gasteiger partial charge on any atom is 0.363 e. The van der Waals surface area contributed by atoms with Gasteiger partial charge in [0.2, 0.25) is 5.90 Å². The molecule has 2 aromatic carbocycles. The van der Waals surface area contributed by atoms with Crippen LogP contribution in [0, 0.1) is 12.1 Å². The third-order valence-electron chi connectivity index (χ3n) is 2.63. The van der Waals surface area contributed by atoms with Crippen LogP contribution in [0.5, 0.6) is 0 Å². The lowest BCUT2D eigenvalue weighted by atomic mass is 10.2. The van der Waals surface area contributed by atoms with Gasteiger partial charge in [0.15, 0.2) is 5.70 Å². The highest BCUT2D eigenvalue weighted by Gasteiger charge is 2.23. The number of hydrogen-bond donors (Lipinski definition) is 0. The summed E-state index contributed by atoms with van der Waals surface area (Å²) in [5, 5.41) is 0. The van der Waals surface area contributed by atoms with Gasteiger partial charge in [-0.05, 0) is 42.0 Å². The fraction of sp³-hybridized carbons (Fsp3) is 0. The number of carbonyl (C=O) groups excluding carboxylic acids is 1. The molecule has 0 atom stereocenters. The Bertz CT molecular complexity index is 658. The minimum atomic E-state index is -0.438. The second kappa shape index (κ2) is 4.90. The van der Waals surface area contributed by atoms with Gasteiger partial charge in [-0.15, -0.1) is 0 Å². The lowest BCUT2D eigenvalue weighted by Gasteiger charge is -1.97. The Hall–Kier alpha value is -2.68. The lowest BCUT2D eigenvalue weighted by molar-refractivity contribution is -0.129. The summed E-state index contributed by atoms with van der Waals surface area (Å²) >= 11 is 0. The van der Waals surface area contributed by atoms with Gasteiger partial charge in [-0.1, -0.05) is 30.3 Å². The van der Waals surface area contributed by atoms with E-state index in [-0.39, 0.29) is 0 Å². The molecule has 0 aromatic heterocycles. The van der Waals surface area contributed by atoms with Crippen LogP contribution in [-0.4, -0.2) is 11.9 Å². The third kappa shape index (κ3) is 2.45. The van der Waals surface area contributed by atoms with E-state index in [2.05, 4.69) is 17.1 Å². The number of aliphatic imine (C=N–C) groups is 1. The topological polar surface area (TPSA) is 38.7 Å². The normalized spacial score (nSPS) is 16.3. The Morgan fingerprint density at radius 1 is 1.11 bits per heavy atom. The zero-order chi connectivity index (χ0) is 13.1. The molecule has 0 saturated heterocycles. The molecule has 0 fully saturated rings. The molecule has 3 rings (SSSR count). The third-order valence-corrected chi connectivity index (χ3v) is 2.63. The molecule has 19 heavy (non-hydrogen) atoms. The molecule has 0 bridgehead atoms. The van der Waals surface area contributed by atoms with Gasteiger partial charge in [0.1, 0.15) is 0 Å². The van der Waals surface area contributed by atoms with Crippen molar-refractivity contribution in [3.63, 3.8) is 0 Å². The highest BCUT2D eigenvalue weighted by molar-refractivity contribution is 6.12. The summed E-state index contributed by atoms with van der Waals surface area (Å²) in [5.41, 5.74) is 1.91. The van der Waals surface area contributed by atoms with Crippen molar-refractivity contribution in [3.8, 4) is 0 Å². The predicted octanol–water partition coefficient (Wildman–Crippen LogP) is 2.63. The average Bonchev–Trinajstić information content (AvgIpc) is 2.82. The minimum Gasteiger partial charge on any atom is -0.402 e. The van der Waals surface area contributed by atoms with Crippen molar-refractivity contribution >= 4 is 17.9 Å². The first kappa shape index (κ1) is 11.4. The van der Waals surface area contributed by atoms with E-state index in [1.54, 1.807) is 18.2 Å². The molecule has 0 spiro atoms. The molecular weight excluding hydrogens is 238 g/mol. The average molecular weight is 247 g/mol. The first-order valence-corrected chi connectivity index (χ1v) is 5.79. The van der Waals surface area contributed by atoms with Crippen LogP contribution in [0.1, 0.15) is 11.1 Å². The molecule has 0 unspecified atom stereocenters. The van der Waals surface area contributed by atoms with Crippen molar-refractivity contribution in [3.05, 3.63) is 77.5 Å². The molecule has 3 heteroatoms. The number of ether oxygens (including phenoxy) is 1. The number of rotatable bonds is 2. The summed E-state index contributed by atoms with van der Waals surface area (Å²) < 4.78 is 5.16. The van der Waals surface area contributed by atoms with Gasteiger partial charge in [-0.25, -0.2) is 9.79 Å². The molecule has 1 aliphatic heterocycles. The summed E-state index contributed by atoms with van der Waals surface area (Å²) in [7, 11) is 0. The van der Waals surface area contributed by atoms with Crippen LogP contribution in [-0.2, 0) is 9.53 Å². The van der Waals surface area contributed by atoms with Crippen molar-refractivity contribution in [1.82, 2.24) is 0 Å². The number of cyclic esters (lactones) is 1. The van der Waals surface area contributed by atoms with Crippen LogP contribution in [0.25, 0.3) is 6.08 Å². The van der Waals surface area contributed by atoms with Gasteiger partial charge in [0.05, 0.1) is 0 Å². The highest BCUT2D eigenvalue weighted by atomic mass is 16.6. The van der Waals surface area contributed by atoms with E-state index in [1.165, 1.54) is 0 Å². The van der Waals surface area contributed by atoms with Gasteiger partial charge in [-0.2, -0.15) is 0 Å². The van der Waals surface area contributed by atoms with Gasteiger partial charge in [0.25, 0.3) is 0 Å². The molecule has 2 aromatic rings. The quantitative estimate of drug-likeness (QED) is 0.604. The molecule has 0 N–H and O–H groups in total. The summed E-state index contributed by atoms with van der Waals surface area (Å²) in [6, 6.07) is 20.2. The van der Waals surface area contributed by atoms with Crippen molar-refractivity contribution in [2.75, 3.05) is 0 Å². The van der Waals surface area contributed by atoms with E-state index in [1.807, 2.05) is 36.4 Å². The van der Waals surface area contributed by atoms with Gasteiger partial charge < -0.3 is 4.74 Å². The van der Waals surface area contributed by atoms with Crippen molar-refractivity contribution in [1.29, 1.82) is 0 Å². The second-order valence-corrected chi connectivity index (χ2v) is 3.97. The molecule has 0 aliphatic carbocycles. The monoisotopic (exact) mass is 247 g/mol. The van der Waals surface area contributed by atoms with E-state index in [4.69, 9.17) is 4.74 Å². The molecule has 1 aliphatic rings. The van der Waals surface area contributed by atoms with Gasteiger partial charge >= 0.3 is 5.97 Å². The van der Waals surface area contributed by atoms with Crippen LogP contribution in [0.15, 0.2) is 59.2 Å². The van der Waals surface area contributed by atoms with Crippen LogP contribution in [0.2, 0.25) is 0 Å². The Morgan fingerprint density at radius 3 is 2.68 bits per heavy atom. The molecule has 3 nitrogen and oxygen atoms in total. The largest absolute Gasteiger partial charge is 0.402 e. The van der Waals surface area contributed by atoms with Crippen molar-refractivity contribution in [2.45, 2.75) is 0 Å². The fourth-order valence-corrected chi connectivity index (χ4v) is 1.72. The van der Waals surface area contributed by atoms with E-state index >= 15 is 0 Å². The van der Waals surface area contributed by atoms with Gasteiger partial charge in [0, 0.05) is 5.56 Å². The van der Waals surface area contributed by atoms with E-state index in [9.17, 15) is 4.79 Å². The molecule has 2 radical (unpaired) electrons. The molecule has 1 heterocycles. The summed E-state index contributed by atoms with van der Waals surface area (Å²) in [4.78, 5) is 16.0. The van der Waals surface area contributed by atoms with Crippen LogP contribution in [0.4, 0.5) is 0 Å². The van der Waals surface area contributed by atoms with E-state index < -0.39 is 5.97 Å². The van der Waals surface area contributed by atoms with E-state index in [0.29, 0.717) is 11.6 Å². The number of hydrogen-bond acceptors (Lipinski definition) is 3. The second-order valence-electron chi connectivity index (χ2n) is 3.97. The first-order valence-electron chi connectivity index (χ1n) is 5.79. The lowest BCUT2D eigenvalue weighted by Crippen LogP contribution is -2.04. The Kier molecular flexibility index (Phi) is 2.94. The Balaban J connectivity index is 1.94. The van der Waals surface area contributed by atoms with Crippen LogP contribution >= 0.6 is 0 Å². The standard InChI is InChI=1S/C16H9NO2/c18-16-14(11-12-7-3-1-4-8-12)17-15(19-16)13-9-5-2-6-10-13/h2-3,5-11H/b14-11-. The van der Waals surface area contributed by atoms with Gasteiger partial charge in [-0.3, -0.25) is 0 Å². The number of nitrogens with zero attached hydrogens (tertiary/aromatic N) is 1. The van der Waals surface area contributed by atoms with E-state index in [0.717, 1.165) is 11.1 Å². The smallest absolute Gasteiger partial charge is 0.363 e. The van der Waals surface area contributed by atoms with Crippen molar-refractivity contribution in [2.24, 2.45) is 4.99 Å². The maximum absolute atomic E-state index is 11.7. The summed E-state index contributed by atoms with van der Waals surface area (Å²) in [6.45, 7) is 0. The van der Waals surface area contributed by atoms with Crippen molar-refractivity contribution < 1.29 is 9.53 Å². The molecule has 0 saturated carbocycles. The highest BCUT2D eigenvalue weighted by Crippen LogP contribution is 2.18. The van der Waals surface area contributed by atoms with Crippen LogP contribution < -0.4 is 0 Å². The number of esters is 1. The Morgan fingerprint density at radius 2 is 1.95 bits per heavy atom. The number of carbonyl (C=O) groups is 1. The maximum atomic E-state index is 11.7. The number of benzene rings is 2. The zero-order valence-corrected chi connectivity index (χ0v) is 9.96. The zero-order valence-electron chi connectivity index (χ0n) is 9.96. The first-order chi connectivity index (χ1) is 9.33. The predicted molar refractivity (Wildman–Crippen MR) is 71.2 cm³/mol.